The Morgan fingerprint density at radius 1 is 1.38 bits per heavy atom. The topological polar surface area (TPSA) is 48.5 Å². The minimum atomic E-state index is -0.00663. The fourth-order valence-electron chi connectivity index (χ4n) is 2.72. The maximum absolute atomic E-state index is 11.9. The fourth-order valence-corrected chi connectivity index (χ4v) is 2.72. The lowest BCUT2D eigenvalue weighted by Gasteiger charge is -2.40. The van der Waals surface area contributed by atoms with Crippen molar-refractivity contribution in [3.05, 3.63) is 23.9 Å². The summed E-state index contributed by atoms with van der Waals surface area (Å²) in [7, 11) is 3.51. The average Bonchev–Trinajstić information content (AvgIpc) is 2.53. The first-order valence-corrected chi connectivity index (χ1v) is 7.74. The Morgan fingerprint density at radius 3 is 2.67 bits per heavy atom. The molecule has 0 aliphatic carbocycles. The van der Waals surface area contributed by atoms with Crippen molar-refractivity contribution in [3.63, 3.8) is 0 Å². The average molecular weight is 290 g/mol. The highest BCUT2D eigenvalue weighted by Gasteiger charge is 2.26. The number of hydrogen-bond donors (Lipinski definition) is 1. The van der Waals surface area contributed by atoms with Crippen molar-refractivity contribution >= 4 is 11.7 Å². The monoisotopic (exact) mass is 290 g/mol. The summed E-state index contributed by atoms with van der Waals surface area (Å²) in [5.74, 6) is 0.963. The first kappa shape index (κ1) is 15.8. The molecule has 1 aliphatic heterocycles. The number of nitrogens with zero attached hydrogens (tertiary/aromatic N) is 3. The Kier molecular flexibility index (Phi) is 5.17. The second-order valence-corrected chi connectivity index (χ2v) is 5.83. The van der Waals surface area contributed by atoms with Crippen LogP contribution in [0.1, 0.15) is 37.0 Å². The fraction of sp³-hybridized carbons (Fsp3) is 0.625. The minimum absolute atomic E-state index is 0.00663. The van der Waals surface area contributed by atoms with E-state index in [1.54, 1.807) is 25.2 Å². The SMILES string of the molecule is CCC1CN(c2ccc(C(=O)N(C)C)cn2)C(CC)CN1. The van der Waals surface area contributed by atoms with Crippen LogP contribution in [0.15, 0.2) is 18.3 Å². The molecule has 0 spiro atoms. The van der Waals surface area contributed by atoms with Gasteiger partial charge in [0.15, 0.2) is 0 Å². The van der Waals surface area contributed by atoms with Gasteiger partial charge in [0.25, 0.3) is 5.91 Å². The van der Waals surface area contributed by atoms with Gasteiger partial charge in [-0.2, -0.15) is 0 Å². The third-order valence-electron chi connectivity index (χ3n) is 4.16. The summed E-state index contributed by atoms with van der Waals surface area (Å²) in [6, 6.07) is 4.83. The number of amides is 1. The maximum Gasteiger partial charge on any atom is 0.254 e. The molecule has 2 atom stereocenters. The second-order valence-electron chi connectivity index (χ2n) is 5.83. The van der Waals surface area contributed by atoms with Crippen LogP contribution < -0.4 is 10.2 Å². The third-order valence-corrected chi connectivity index (χ3v) is 4.16. The van der Waals surface area contributed by atoms with E-state index in [1.807, 2.05) is 12.1 Å². The Balaban J connectivity index is 2.17. The highest BCUT2D eigenvalue weighted by atomic mass is 16.2. The van der Waals surface area contributed by atoms with Gasteiger partial charge in [0.2, 0.25) is 0 Å². The van der Waals surface area contributed by atoms with Gasteiger partial charge in [0, 0.05) is 45.5 Å². The maximum atomic E-state index is 11.9. The van der Waals surface area contributed by atoms with E-state index in [-0.39, 0.29) is 5.91 Å². The van der Waals surface area contributed by atoms with Gasteiger partial charge in [-0.25, -0.2) is 4.98 Å². The van der Waals surface area contributed by atoms with E-state index in [1.165, 1.54) is 0 Å². The zero-order valence-corrected chi connectivity index (χ0v) is 13.5. The van der Waals surface area contributed by atoms with Crippen LogP contribution in [-0.2, 0) is 0 Å². The summed E-state index contributed by atoms with van der Waals surface area (Å²) < 4.78 is 0. The molecule has 116 valence electrons. The van der Waals surface area contributed by atoms with Gasteiger partial charge in [-0.3, -0.25) is 4.79 Å². The van der Waals surface area contributed by atoms with Crippen LogP contribution in [0.3, 0.4) is 0 Å². The second kappa shape index (κ2) is 6.89. The molecule has 0 aromatic carbocycles. The number of hydrogen-bond acceptors (Lipinski definition) is 4. The Hall–Kier alpha value is -1.62. The lowest BCUT2D eigenvalue weighted by Crippen LogP contribution is -2.56. The molecule has 1 saturated heterocycles. The first-order valence-electron chi connectivity index (χ1n) is 7.74. The van der Waals surface area contributed by atoms with Crippen LogP contribution in [0.2, 0.25) is 0 Å². The molecule has 2 rings (SSSR count). The Labute approximate surface area is 127 Å². The molecule has 1 aliphatic rings. The van der Waals surface area contributed by atoms with Gasteiger partial charge < -0.3 is 15.1 Å². The summed E-state index contributed by atoms with van der Waals surface area (Å²) in [5.41, 5.74) is 0.638. The highest BCUT2D eigenvalue weighted by Crippen LogP contribution is 2.20. The molecule has 21 heavy (non-hydrogen) atoms. The normalized spacial score (nSPS) is 22.2. The Bertz CT molecular complexity index is 472. The largest absolute Gasteiger partial charge is 0.351 e. The van der Waals surface area contributed by atoms with Crippen molar-refractivity contribution < 1.29 is 4.79 Å². The van der Waals surface area contributed by atoms with E-state index in [0.29, 0.717) is 17.6 Å². The smallest absolute Gasteiger partial charge is 0.254 e. The van der Waals surface area contributed by atoms with Gasteiger partial charge in [-0.05, 0) is 25.0 Å². The van der Waals surface area contributed by atoms with E-state index in [0.717, 1.165) is 31.7 Å². The summed E-state index contributed by atoms with van der Waals surface area (Å²) in [4.78, 5) is 20.4. The standard InChI is InChI=1S/C16H26N4O/c1-5-13-11-20(14(6-2)10-17-13)15-8-7-12(9-18-15)16(21)19(3)4/h7-9,13-14,17H,5-6,10-11H2,1-4H3. The van der Waals surface area contributed by atoms with Crippen molar-refractivity contribution in [2.24, 2.45) is 0 Å². The molecule has 1 aromatic rings. The van der Waals surface area contributed by atoms with Gasteiger partial charge in [-0.15, -0.1) is 0 Å². The van der Waals surface area contributed by atoms with Crippen molar-refractivity contribution in [3.8, 4) is 0 Å². The van der Waals surface area contributed by atoms with E-state index >= 15 is 0 Å². The zero-order valence-electron chi connectivity index (χ0n) is 13.5. The van der Waals surface area contributed by atoms with Crippen LogP contribution >= 0.6 is 0 Å². The number of aromatic nitrogens is 1. The van der Waals surface area contributed by atoms with Gasteiger partial charge >= 0.3 is 0 Å². The molecular formula is C16H26N4O. The molecule has 5 heteroatoms. The van der Waals surface area contributed by atoms with E-state index in [9.17, 15) is 4.79 Å². The van der Waals surface area contributed by atoms with Crippen LogP contribution in [0.4, 0.5) is 5.82 Å². The van der Waals surface area contributed by atoms with Crippen LogP contribution in [-0.4, -0.2) is 55.1 Å². The molecule has 2 heterocycles. The number of pyridine rings is 1. The molecule has 5 nitrogen and oxygen atoms in total. The van der Waals surface area contributed by atoms with E-state index in [4.69, 9.17) is 0 Å². The molecule has 0 radical (unpaired) electrons. The number of anilines is 1. The van der Waals surface area contributed by atoms with Gasteiger partial charge in [0.1, 0.15) is 5.82 Å². The lowest BCUT2D eigenvalue weighted by molar-refractivity contribution is 0.0827. The predicted molar refractivity (Wildman–Crippen MR) is 85.8 cm³/mol. The number of carbonyl (C=O) groups excluding carboxylic acids is 1. The van der Waals surface area contributed by atoms with E-state index < -0.39 is 0 Å². The molecule has 1 fully saturated rings. The quantitative estimate of drug-likeness (QED) is 0.918. The molecule has 1 amide bonds. The first-order chi connectivity index (χ1) is 10.1. The Morgan fingerprint density at radius 2 is 2.14 bits per heavy atom. The van der Waals surface area contributed by atoms with Crippen LogP contribution in [0, 0.1) is 0 Å². The molecule has 1 N–H and O–H groups in total. The molecular weight excluding hydrogens is 264 g/mol. The van der Waals surface area contributed by atoms with Gasteiger partial charge in [-0.1, -0.05) is 13.8 Å². The molecule has 1 aromatic heterocycles. The minimum Gasteiger partial charge on any atom is -0.351 e. The van der Waals surface area contributed by atoms with Crippen molar-refractivity contribution in [2.45, 2.75) is 38.8 Å². The molecule has 0 bridgehead atoms. The summed E-state index contributed by atoms with van der Waals surface area (Å²) in [6.07, 6.45) is 3.89. The molecule has 0 saturated carbocycles. The van der Waals surface area contributed by atoms with Crippen molar-refractivity contribution in [2.75, 3.05) is 32.1 Å². The van der Waals surface area contributed by atoms with Crippen molar-refractivity contribution in [1.29, 1.82) is 0 Å². The zero-order chi connectivity index (χ0) is 15.4. The van der Waals surface area contributed by atoms with Crippen LogP contribution in [0.25, 0.3) is 0 Å². The predicted octanol–water partition coefficient (Wildman–Crippen LogP) is 1.75. The van der Waals surface area contributed by atoms with Gasteiger partial charge in [0.05, 0.1) is 5.56 Å². The summed E-state index contributed by atoms with van der Waals surface area (Å²) >= 11 is 0. The summed E-state index contributed by atoms with van der Waals surface area (Å²) in [6.45, 7) is 6.38. The molecule has 2 unspecified atom stereocenters. The van der Waals surface area contributed by atoms with E-state index in [2.05, 4.69) is 29.0 Å². The number of nitrogens with one attached hydrogen (secondary N) is 1. The third kappa shape index (κ3) is 3.53. The number of piperazine rings is 1. The number of carbonyl (C=O) groups is 1. The highest BCUT2D eigenvalue weighted by molar-refractivity contribution is 5.93. The van der Waals surface area contributed by atoms with Crippen LogP contribution in [0.5, 0.6) is 0 Å². The number of rotatable bonds is 4. The van der Waals surface area contributed by atoms with Crippen molar-refractivity contribution in [1.82, 2.24) is 15.2 Å². The lowest BCUT2D eigenvalue weighted by atomic mass is 10.1. The summed E-state index contributed by atoms with van der Waals surface area (Å²) in [5, 5.41) is 3.58.